The lowest BCUT2D eigenvalue weighted by molar-refractivity contribution is -0.134. The number of ether oxygens (including phenoxy) is 1. The van der Waals surface area contributed by atoms with Crippen LogP contribution in [0, 0.1) is 5.82 Å². The molecule has 2 aromatic carbocycles. The summed E-state index contributed by atoms with van der Waals surface area (Å²) in [5.74, 6) is 0.265. The van der Waals surface area contributed by atoms with E-state index in [4.69, 9.17) is 4.74 Å². The Hall–Kier alpha value is -2.58. The first-order chi connectivity index (χ1) is 14.2. The molecule has 2 aromatic rings. The van der Waals surface area contributed by atoms with Gasteiger partial charge in [-0.2, -0.15) is 5.10 Å². The molecule has 0 N–H and O–H groups in total. The van der Waals surface area contributed by atoms with Crippen molar-refractivity contribution in [1.29, 1.82) is 0 Å². The molecule has 2 aliphatic heterocycles. The summed E-state index contributed by atoms with van der Waals surface area (Å²) in [5, 5.41) is 9.67. The third-order valence-electron chi connectivity index (χ3n) is 4.79. The van der Waals surface area contributed by atoms with Crippen LogP contribution in [0.1, 0.15) is 5.56 Å². The van der Waals surface area contributed by atoms with E-state index in [1.807, 2.05) is 30.3 Å². The quantitative estimate of drug-likeness (QED) is 0.720. The Bertz CT molecular complexity index is 934. The molecule has 1 fully saturated rings. The summed E-state index contributed by atoms with van der Waals surface area (Å²) in [6, 6.07) is 16.1. The Morgan fingerprint density at radius 2 is 1.70 bits per heavy atom. The Kier molecular flexibility index (Phi) is 7.70. The highest BCUT2D eigenvalue weighted by Crippen LogP contribution is 2.20. The lowest BCUT2D eigenvalue weighted by Gasteiger charge is -2.36. The molecule has 2 aliphatic rings. The van der Waals surface area contributed by atoms with Crippen LogP contribution in [0.15, 0.2) is 64.8 Å². The number of hydrogen-bond donors (Lipinski definition) is 0. The second-order valence-corrected chi connectivity index (χ2v) is 7.61. The number of piperazine rings is 1. The first kappa shape index (κ1) is 22.1. The molecule has 9 heteroatoms. The Morgan fingerprint density at radius 1 is 1.00 bits per heavy atom. The third-order valence-corrected chi connectivity index (χ3v) is 5.81. The standard InChI is InChI=1S/C21H21FN4O2S.ClH/c22-17-8-4-5-9-19(17)28-14-20(27)25-10-12-26(13-11-25)21-24-23-18(15-29-21)16-6-2-1-3-7-16;/h1-9H,10-15H2;1H. The van der Waals surface area contributed by atoms with Gasteiger partial charge in [-0.3, -0.25) is 4.79 Å². The fourth-order valence-corrected chi connectivity index (χ4v) is 4.11. The molecule has 1 amide bonds. The fourth-order valence-electron chi connectivity index (χ4n) is 3.16. The second-order valence-electron chi connectivity index (χ2n) is 6.67. The minimum Gasteiger partial charge on any atom is -0.481 e. The molecule has 0 saturated carbocycles. The van der Waals surface area contributed by atoms with Gasteiger partial charge in [-0.25, -0.2) is 4.39 Å². The number of thioether (sulfide) groups is 1. The van der Waals surface area contributed by atoms with E-state index in [2.05, 4.69) is 15.1 Å². The van der Waals surface area contributed by atoms with Crippen molar-refractivity contribution in [2.24, 2.45) is 10.2 Å². The summed E-state index contributed by atoms with van der Waals surface area (Å²) < 4.78 is 18.9. The van der Waals surface area contributed by atoms with Gasteiger partial charge in [0.1, 0.15) is 0 Å². The zero-order chi connectivity index (χ0) is 20.1. The zero-order valence-electron chi connectivity index (χ0n) is 16.2. The molecule has 0 aliphatic carbocycles. The largest absolute Gasteiger partial charge is 0.481 e. The maximum atomic E-state index is 13.6. The van der Waals surface area contributed by atoms with Crippen LogP contribution in [0.3, 0.4) is 0 Å². The minimum atomic E-state index is -0.465. The second kappa shape index (κ2) is 10.4. The number of nitrogens with zero attached hydrogens (tertiary/aromatic N) is 4. The smallest absolute Gasteiger partial charge is 0.260 e. The van der Waals surface area contributed by atoms with Crippen molar-refractivity contribution in [3.63, 3.8) is 0 Å². The molecular formula is C21H22ClFN4O2S. The van der Waals surface area contributed by atoms with Crippen LogP contribution >= 0.6 is 24.2 Å². The van der Waals surface area contributed by atoms with E-state index in [1.54, 1.807) is 28.8 Å². The zero-order valence-corrected chi connectivity index (χ0v) is 17.9. The van der Waals surface area contributed by atoms with E-state index in [0.717, 1.165) is 22.2 Å². The van der Waals surface area contributed by atoms with Crippen molar-refractivity contribution in [1.82, 2.24) is 9.80 Å². The summed E-state index contributed by atoms with van der Waals surface area (Å²) in [5.41, 5.74) is 2.06. The normalized spacial score (nSPS) is 16.3. The Balaban J connectivity index is 0.00000256. The van der Waals surface area contributed by atoms with Gasteiger partial charge >= 0.3 is 0 Å². The third kappa shape index (κ3) is 5.31. The summed E-state index contributed by atoms with van der Waals surface area (Å²) in [4.78, 5) is 16.3. The molecule has 0 aromatic heterocycles. The molecule has 30 heavy (non-hydrogen) atoms. The molecule has 0 atom stereocenters. The maximum absolute atomic E-state index is 13.6. The van der Waals surface area contributed by atoms with Crippen LogP contribution in [-0.4, -0.2) is 65.1 Å². The van der Waals surface area contributed by atoms with E-state index >= 15 is 0 Å². The van der Waals surface area contributed by atoms with E-state index in [-0.39, 0.29) is 30.7 Å². The first-order valence-electron chi connectivity index (χ1n) is 9.43. The lowest BCUT2D eigenvalue weighted by Crippen LogP contribution is -2.51. The number of halogens is 2. The van der Waals surface area contributed by atoms with E-state index in [0.29, 0.717) is 26.2 Å². The average molecular weight is 449 g/mol. The first-order valence-corrected chi connectivity index (χ1v) is 10.4. The van der Waals surface area contributed by atoms with Gasteiger partial charge in [0.05, 0.1) is 5.71 Å². The van der Waals surface area contributed by atoms with Crippen LogP contribution in [0.25, 0.3) is 0 Å². The van der Waals surface area contributed by atoms with Gasteiger partial charge in [0.25, 0.3) is 5.91 Å². The number of rotatable bonds is 4. The number of hydrogen-bond acceptors (Lipinski definition) is 6. The minimum absolute atomic E-state index is 0. The van der Waals surface area contributed by atoms with E-state index in [1.165, 1.54) is 12.1 Å². The van der Waals surface area contributed by atoms with Crippen molar-refractivity contribution in [2.75, 3.05) is 38.5 Å². The average Bonchev–Trinajstić information content (AvgIpc) is 2.79. The van der Waals surface area contributed by atoms with Crippen LogP contribution in [0.5, 0.6) is 5.75 Å². The molecule has 158 valence electrons. The highest BCUT2D eigenvalue weighted by atomic mass is 35.5. The van der Waals surface area contributed by atoms with Gasteiger partial charge in [0.15, 0.2) is 23.3 Å². The summed E-state index contributed by atoms with van der Waals surface area (Å²) >= 11 is 1.67. The molecule has 4 rings (SSSR count). The molecule has 0 spiro atoms. The van der Waals surface area contributed by atoms with Crippen LogP contribution < -0.4 is 4.74 Å². The van der Waals surface area contributed by atoms with Crippen molar-refractivity contribution in [3.8, 4) is 5.75 Å². The monoisotopic (exact) mass is 448 g/mol. The van der Waals surface area contributed by atoms with Crippen LogP contribution in [0.4, 0.5) is 4.39 Å². The van der Waals surface area contributed by atoms with Gasteiger partial charge in [-0.05, 0) is 17.7 Å². The number of para-hydroxylation sites is 1. The number of amidine groups is 1. The number of carbonyl (C=O) groups excluding carboxylic acids is 1. The van der Waals surface area contributed by atoms with Crippen molar-refractivity contribution >= 4 is 41.0 Å². The molecule has 6 nitrogen and oxygen atoms in total. The van der Waals surface area contributed by atoms with Gasteiger partial charge in [0, 0.05) is 31.9 Å². The molecule has 0 radical (unpaired) electrons. The highest BCUT2D eigenvalue weighted by molar-refractivity contribution is 8.14. The predicted octanol–water partition coefficient (Wildman–Crippen LogP) is 3.28. The molecular weight excluding hydrogens is 427 g/mol. The Morgan fingerprint density at radius 3 is 2.37 bits per heavy atom. The maximum Gasteiger partial charge on any atom is 0.260 e. The van der Waals surface area contributed by atoms with Crippen molar-refractivity contribution < 1.29 is 13.9 Å². The van der Waals surface area contributed by atoms with Crippen molar-refractivity contribution in [2.45, 2.75) is 0 Å². The van der Waals surface area contributed by atoms with Crippen LogP contribution in [0.2, 0.25) is 0 Å². The Labute approximate surface area is 185 Å². The fraction of sp³-hybridized carbons (Fsp3) is 0.286. The molecule has 2 heterocycles. The predicted molar refractivity (Wildman–Crippen MR) is 120 cm³/mol. The highest BCUT2D eigenvalue weighted by Gasteiger charge is 2.25. The van der Waals surface area contributed by atoms with Crippen molar-refractivity contribution in [3.05, 3.63) is 66.0 Å². The van der Waals surface area contributed by atoms with Gasteiger partial charge in [0.2, 0.25) is 0 Å². The SMILES string of the molecule is Cl.O=C(COc1ccccc1F)N1CCN(C2=NN=C(c3ccccc3)CS2)CC1. The summed E-state index contributed by atoms with van der Waals surface area (Å²) in [6.07, 6.45) is 0. The molecule has 1 saturated heterocycles. The molecule has 0 unspecified atom stereocenters. The van der Waals surface area contributed by atoms with E-state index < -0.39 is 5.82 Å². The van der Waals surface area contributed by atoms with E-state index in [9.17, 15) is 9.18 Å². The van der Waals surface area contributed by atoms with Gasteiger partial charge in [-0.15, -0.1) is 17.5 Å². The number of benzene rings is 2. The lowest BCUT2D eigenvalue weighted by atomic mass is 10.1. The topological polar surface area (TPSA) is 57.5 Å². The summed E-state index contributed by atoms with van der Waals surface area (Å²) in [7, 11) is 0. The molecule has 0 bridgehead atoms. The number of amides is 1. The van der Waals surface area contributed by atoms with Gasteiger partial charge < -0.3 is 14.5 Å². The number of carbonyl (C=O) groups is 1. The van der Waals surface area contributed by atoms with Gasteiger partial charge in [-0.1, -0.05) is 54.2 Å². The summed E-state index contributed by atoms with van der Waals surface area (Å²) in [6.45, 7) is 2.37. The van der Waals surface area contributed by atoms with Crippen LogP contribution in [-0.2, 0) is 4.79 Å².